The molecule has 0 radical (unpaired) electrons. The Hall–Kier alpha value is -4.04. The first-order chi connectivity index (χ1) is 16.9. The number of nitrogens with zero attached hydrogens (tertiary/aromatic N) is 3. The molecule has 1 aliphatic rings. The second-order valence-electron chi connectivity index (χ2n) is 8.67. The van der Waals surface area contributed by atoms with E-state index in [0.717, 1.165) is 33.8 Å². The Morgan fingerprint density at radius 1 is 0.971 bits per heavy atom. The summed E-state index contributed by atoms with van der Waals surface area (Å²) in [7, 11) is 0. The molecule has 35 heavy (non-hydrogen) atoms. The quantitative estimate of drug-likeness (QED) is 0.392. The van der Waals surface area contributed by atoms with Gasteiger partial charge in [0, 0.05) is 40.1 Å². The van der Waals surface area contributed by atoms with Crippen molar-refractivity contribution < 1.29 is 9.59 Å². The third kappa shape index (κ3) is 4.79. The van der Waals surface area contributed by atoms with E-state index in [4.69, 9.17) is 5.73 Å². The van der Waals surface area contributed by atoms with Crippen LogP contribution >= 0.6 is 11.3 Å². The van der Waals surface area contributed by atoms with E-state index in [0.29, 0.717) is 29.3 Å². The van der Waals surface area contributed by atoms with Crippen LogP contribution in [0.1, 0.15) is 28.2 Å². The standard InChI is InChI=1S/C27H25N5O2S/c1-16-12-21(13-17(2)29-16)19-4-3-5-20(14-19)23-15-35-27(30-23)31-25(33)24-10-11-32(24)26(34)18-6-8-22(28)9-7-18/h3-9,12-15,24H,10-11,28H2,1-2H3,(H,30,31,33)/t24-/m0/s1. The van der Waals surface area contributed by atoms with Gasteiger partial charge in [0.05, 0.1) is 5.69 Å². The van der Waals surface area contributed by atoms with Crippen LogP contribution in [0.3, 0.4) is 0 Å². The van der Waals surface area contributed by atoms with Gasteiger partial charge in [-0.3, -0.25) is 14.6 Å². The number of pyridine rings is 1. The molecule has 0 bridgehead atoms. The lowest BCUT2D eigenvalue weighted by Gasteiger charge is -2.39. The minimum Gasteiger partial charge on any atom is -0.399 e. The van der Waals surface area contributed by atoms with E-state index in [2.05, 4.69) is 39.6 Å². The number of hydrogen-bond acceptors (Lipinski definition) is 6. The predicted molar refractivity (Wildman–Crippen MR) is 139 cm³/mol. The van der Waals surface area contributed by atoms with Gasteiger partial charge in [0.1, 0.15) is 6.04 Å². The third-order valence-corrected chi connectivity index (χ3v) is 6.81. The molecular weight excluding hydrogens is 458 g/mol. The van der Waals surface area contributed by atoms with Crippen LogP contribution in [0.25, 0.3) is 22.4 Å². The van der Waals surface area contributed by atoms with Gasteiger partial charge in [-0.05, 0) is 73.9 Å². The number of amides is 2. The summed E-state index contributed by atoms with van der Waals surface area (Å²) >= 11 is 1.37. The van der Waals surface area contributed by atoms with Crippen molar-refractivity contribution in [2.75, 3.05) is 17.6 Å². The molecule has 5 rings (SSSR count). The molecule has 0 unspecified atom stereocenters. The lowest BCUT2D eigenvalue weighted by Crippen LogP contribution is -2.56. The fraction of sp³-hybridized carbons (Fsp3) is 0.185. The number of aryl methyl sites for hydroxylation is 2. The van der Waals surface area contributed by atoms with E-state index in [-0.39, 0.29) is 11.8 Å². The van der Waals surface area contributed by atoms with Gasteiger partial charge in [0.2, 0.25) is 5.91 Å². The molecule has 176 valence electrons. The Balaban J connectivity index is 1.28. The number of aromatic nitrogens is 2. The number of hydrogen-bond donors (Lipinski definition) is 2. The van der Waals surface area contributed by atoms with Crippen LogP contribution in [0.4, 0.5) is 10.8 Å². The van der Waals surface area contributed by atoms with Crippen molar-refractivity contribution >= 4 is 34.0 Å². The third-order valence-electron chi connectivity index (χ3n) is 6.05. The van der Waals surface area contributed by atoms with Crippen molar-refractivity contribution in [1.82, 2.24) is 14.9 Å². The van der Waals surface area contributed by atoms with Crippen molar-refractivity contribution in [3.63, 3.8) is 0 Å². The first-order valence-electron chi connectivity index (χ1n) is 11.4. The Kier molecular flexibility index (Phi) is 6.05. The number of carbonyl (C=O) groups excluding carboxylic acids is 2. The van der Waals surface area contributed by atoms with Gasteiger partial charge in [-0.15, -0.1) is 11.3 Å². The summed E-state index contributed by atoms with van der Waals surface area (Å²) in [6, 6.07) is 18.5. The largest absolute Gasteiger partial charge is 0.399 e. The van der Waals surface area contributed by atoms with E-state index in [1.807, 2.05) is 31.4 Å². The zero-order valence-corrected chi connectivity index (χ0v) is 20.3. The van der Waals surface area contributed by atoms with Crippen molar-refractivity contribution in [3.05, 3.63) is 83.0 Å². The molecule has 2 amide bonds. The molecule has 0 aliphatic carbocycles. The monoisotopic (exact) mass is 483 g/mol. The topological polar surface area (TPSA) is 101 Å². The lowest BCUT2D eigenvalue weighted by atomic mass is 10.00. The summed E-state index contributed by atoms with van der Waals surface area (Å²) in [6.07, 6.45) is 0.623. The Morgan fingerprint density at radius 2 is 1.69 bits per heavy atom. The van der Waals surface area contributed by atoms with Crippen molar-refractivity contribution in [2.45, 2.75) is 26.3 Å². The molecule has 8 heteroatoms. The summed E-state index contributed by atoms with van der Waals surface area (Å²) in [5.41, 5.74) is 12.7. The molecule has 0 saturated carbocycles. The Bertz CT molecular complexity index is 1390. The molecule has 0 spiro atoms. The van der Waals surface area contributed by atoms with Gasteiger partial charge in [0.25, 0.3) is 5.91 Å². The fourth-order valence-corrected chi connectivity index (χ4v) is 4.93. The van der Waals surface area contributed by atoms with Gasteiger partial charge in [-0.1, -0.05) is 18.2 Å². The van der Waals surface area contributed by atoms with Gasteiger partial charge in [0.15, 0.2) is 5.13 Å². The van der Waals surface area contributed by atoms with E-state index in [9.17, 15) is 9.59 Å². The number of nitrogens with two attached hydrogens (primary N) is 1. The van der Waals surface area contributed by atoms with Crippen LogP contribution in [0.15, 0.2) is 66.0 Å². The SMILES string of the molecule is Cc1cc(-c2cccc(-c3csc(NC(=O)[C@@H]4CCN4C(=O)c4ccc(N)cc4)n3)c2)cc(C)n1. The second-order valence-corrected chi connectivity index (χ2v) is 9.53. The van der Waals surface area contributed by atoms with Crippen molar-refractivity contribution in [3.8, 4) is 22.4 Å². The zero-order valence-electron chi connectivity index (χ0n) is 19.5. The normalized spacial score (nSPS) is 14.9. The maximum Gasteiger partial charge on any atom is 0.254 e. The van der Waals surface area contributed by atoms with E-state index in [1.54, 1.807) is 29.2 Å². The Morgan fingerprint density at radius 3 is 2.37 bits per heavy atom. The van der Waals surface area contributed by atoms with Crippen LogP contribution < -0.4 is 11.1 Å². The van der Waals surface area contributed by atoms with Crippen LogP contribution in [0.2, 0.25) is 0 Å². The molecule has 2 aromatic heterocycles. The number of thiazole rings is 1. The summed E-state index contributed by atoms with van der Waals surface area (Å²) in [5.74, 6) is -0.396. The molecule has 4 aromatic rings. The van der Waals surface area contributed by atoms with Gasteiger partial charge >= 0.3 is 0 Å². The van der Waals surface area contributed by atoms with E-state index in [1.165, 1.54) is 11.3 Å². The van der Waals surface area contributed by atoms with Gasteiger partial charge in [-0.25, -0.2) is 4.98 Å². The Labute approximate surface area is 207 Å². The van der Waals surface area contributed by atoms with Crippen LogP contribution in [0.5, 0.6) is 0 Å². The molecule has 3 heterocycles. The van der Waals surface area contributed by atoms with Crippen LogP contribution in [-0.4, -0.2) is 39.3 Å². The maximum atomic E-state index is 12.9. The van der Waals surface area contributed by atoms with E-state index >= 15 is 0 Å². The lowest BCUT2D eigenvalue weighted by molar-refractivity contribution is -0.123. The average molecular weight is 484 g/mol. The van der Waals surface area contributed by atoms with E-state index < -0.39 is 6.04 Å². The minimum atomic E-state index is -0.506. The number of nitrogen functional groups attached to an aromatic ring is 1. The summed E-state index contributed by atoms with van der Waals surface area (Å²) in [6.45, 7) is 4.52. The van der Waals surface area contributed by atoms with Crippen molar-refractivity contribution in [2.24, 2.45) is 0 Å². The van der Waals surface area contributed by atoms with Crippen LogP contribution in [-0.2, 0) is 4.79 Å². The molecular formula is C27H25N5O2S. The molecule has 3 N–H and O–H groups in total. The summed E-state index contributed by atoms with van der Waals surface area (Å²) in [5, 5.41) is 5.33. The number of rotatable bonds is 5. The highest BCUT2D eigenvalue weighted by Gasteiger charge is 2.38. The first-order valence-corrected chi connectivity index (χ1v) is 12.2. The molecule has 1 atom stereocenters. The average Bonchev–Trinajstić information content (AvgIpc) is 3.26. The highest BCUT2D eigenvalue weighted by molar-refractivity contribution is 7.14. The highest BCUT2D eigenvalue weighted by atomic mass is 32.1. The first kappa shape index (κ1) is 22.7. The van der Waals surface area contributed by atoms with Crippen LogP contribution in [0, 0.1) is 13.8 Å². The number of benzene rings is 2. The smallest absolute Gasteiger partial charge is 0.254 e. The van der Waals surface area contributed by atoms with Crippen molar-refractivity contribution in [1.29, 1.82) is 0 Å². The maximum absolute atomic E-state index is 12.9. The molecule has 1 aliphatic heterocycles. The highest BCUT2D eigenvalue weighted by Crippen LogP contribution is 2.30. The molecule has 7 nitrogen and oxygen atoms in total. The second kappa shape index (κ2) is 9.31. The molecule has 2 aromatic carbocycles. The number of nitrogens with one attached hydrogen (secondary N) is 1. The van der Waals surface area contributed by atoms with Gasteiger partial charge in [-0.2, -0.15) is 0 Å². The zero-order chi connectivity index (χ0) is 24.5. The molecule has 1 fully saturated rings. The summed E-state index contributed by atoms with van der Waals surface area (Å²) in [4.78, 5) is 36.3. The van der Waals surface area contributed by atoms with Gasteiger partial charge < -0.3 is 16.0 Å². The number of anilines is 2. The summed E-state index contributed by atoms with van der Waals surface area (Å²) < 4.78 is 0. The minimum absolute atomic E-state index is 0.172. The number of likely N-dealkylation sites (tertiary alicyclic amines) is 1. The molecule has 1 saturated heterocycles. The predicted octanol–water partition coefficient (Wildman–Crippen LogP) is 4.92. The fourth-order valence-electron chi connectivity index (χ4n) is 4.21. The number of carbonyl (C=O) groups is 2.